The molecule has 1 heterocycles. The quantitative estimate of drug-likeness (QED) is 0.842. The van der Waals surface area contributed by atoms with Gasteiger partial charge in [0.2, 0.25) is 5.91 Å². The number of hydrogen-bond acceptors (Lipinski definition) is 3. The minimum absolute atomic E-state index is 0.0550. The molecule has 0 bridgehead atoms. The molecule has 4 heteroatoms. The molecule has 0 fully saturated rings. The van der Waals surface area contributed by atoms with Crippen molar-refractivity contribution in [1.29, 1.82) is 0 Å². The van der Waals surface area contributed by atoms with Crippen LogP contribution in [0, 0.1) is 0 Å². The van der Waals surface area contributed by atoms with Gasteiger partial charge in [0.1, 0.15) is 5.76 Å². The van der Waals surface area contributed by atoms with Crippen molar-refractivity contribution in [2.75, 3.05) is 0 Å². The largest absolute Gasteiger partial charge is 0.469 e. The molecule has 4 nitrogen and oxygen atoms in total. The minimum Gasteiger partial charge on any atom is -0.469 e. The van der Waals surface area contributed by atoms with Crippen LogP contribution < -0.4 is 11.1 Å². The predicted octanol–water partition coefficient (Wildman–Crippen LogP) is 1.90. The molecular weight excluding hydrogens is 216 g/mol. The number of furan rings is 1. The third-order valence-corrected chi connectivity index (χ3v) is 3.61. The molecule has 1 aromatic heterocycles. The molecule has 0 saturated heterocycles. The van der Waals surface area contributed by atoms with E-state index in [1.165, 1.54) is 0 Å². The van der Waals surface area contributed by atoms with Gasteiger partial charge in [0, 0.05) is 12.0 Å². The summed E-state index contributed by atoms with van der Waals surface area (Å²) in [6.45, 7) is 3.69. The fourth-order valence-corrected chi connectivity index (χ4v) is 2.12. The fraction of sp³-hybridized carbons (Fsp3) is 0.615. The number of nitrogens with one attached hydrogen (secondary N) is 1. The van der Waals surface area contributed by atoms with E-state index >= 15 is 0 Å². The summed E-state index contributed by atoms with van der Waals surface area (Å²) in [4.78, 5) is 12.0. The van der Waals surface area contributed by atoms with Crippen molar-refractivity contribution in [3.8, 4) is 0 Å². The molecule has 0 spiro atoms. The van der Waals surface area contributed by atoms with Crippen LogP contribution in [-0.4, -0.2) is 11.4 Å². The minimum atomic E-state index is -0.790. The lowest BCUT2D eigenvalue weighted by Crippen LogP contribution is -2.52. The number of nitrogens with two attached hydrogens (primary N) is 1. The summed E-state index contributed by atoms with van der Waals surface area (Å²) in [7, 11) is 0. The Labute approximate surface area is 102 Å². The summed E-state index contributed by atoms with van der Waals surface area (Å²) < 4.78 is 5.40. The molecule has 17 heavy (non-hydrogen) atoms. The van der Waals surface area contributed by atoms with Crippen molar-refractivity contribution in [2.24, 2.45) is 5.73 Å². The molecular formula is C13H20N2O2. The lowest BCUT2D eigenvalue weighted by atomic mass is 9.91. The summed E-state index contributed by atoms with van der Waals surface area (Å²) in [6, 6.07) is 2.00. The maximum Gasteiger partial charge on any atom is 0.240 e. The third-order valence-electron chi connectivity index (χ3n) is 3.61. The van der Waals surface area contributed by atoms with Gasteiger partial charge in [0.25, 0.3) is 0 Å². The maximum atomic E-state index is 12.0. The second kappa shape index (κ2) is 4.53. The molecule has 1 aliphatic rings. The molecule has 2 rings (SSSR count). The first-order valence-corrected chi connectivity index (χ1v) is 6.20. The topological polar surface area (TPSA) is 68.3 Å². The zero-order valence-electron chi connectivity index (χ0n) is 10.5. The van der Waals surface area contributed by atoms with Gasteiger partial charge < -0.3 is 15.5 Å². The average molecular weight is 236 g/mol. The molecule has 2 unspecified atom stereocenters. The first-order valence-electron chi connectivity index (χ1n) is 6.20. The Hall–Kier alpha value is -1.29. The van der Waals surface area contributed by atoms with Crippen LogP contribution in [-0.2, 0) is 11.2 Å². The van der Waals surface area contributed by atoms with Crippen LogP contribution in [0.1, 0.15) is 50.5 Å². The molecule has 2 atom stereocenters. The second-order valence-electron chi connectivity index (χ2n) is 4.99. The van der Waals surface area contributed by atoms with Crippen LogP contribution in [0.3, 0.4) is 0 Å². The number of fused-ring (bicyclic) bond motifs is 1. The molecule has 0 saturated carbocycles. The molecule has 0 aliphatic heterocycles. The van der Waals surface area contributed by atoms with E-state index in [0.29, 0.717) is 6.42 Å². The highest BCUT2D eigenvalue weighted by atomic mass is 16.3. The van der Waals surface area contributed by atoms with E-state index in [2.05, 4.69) is 5.32 Å². The van der Waals surface area contributed by atoms with Crippen LogP contribution in [0.25, 0.3) is 0 Å². The van der Waals surface area contributed by atoms with E-state index in [9.17, 15) is 4.79 Å². The molecule has 94 valence electrons. The highest BCUT2D eigenvalue weighted by molar-refractivity contribution is 5.85. The van der Waals surface area contributed by atoms with Crippen LogP contribution in [0.5, 0.6) is 0 Å². The van der Waals surface area contributed by atoms with Crippen molar-refractivity contribution in [3.05, 3.63) is 23.7 Å². The molecule has 0 aromatic carbocycles. The molecule has 0 radical (unpaired) electrons. The van der Waals surface area contributed by atoms with Crippen LogP contribution in [0.15, 0.2) is 16.7 Å². The Morgan fingerprint density at radius 3 is 3.18 bits per heavy atom. The lowest BCUT2D eigenvalue weighted by molar-refractivity contribution is -0.126. The normalized spacial score (nSPS) is 22.6. The van der Waals surface area contributed by atoms with Crippen LogP contribution in [0.4, 0.5) is 0 Å². The van der Waals surface area contributed by atoms with E-state index < -0.39 is 5.54 Å². The summed E-state index contributed by atoms with van der Waals surface area (Å²) >= 11 is 0. The van der Waals surface area contributed by atoms with E-state index in [-0.39, 0.29) is 11.9 Å². The number of carbonyl (C=O) groups excluding carboxylic acids is 1. The highest BCUT2D eigenvalue weighted by Crippen LogP contribution is 2.30. The Morgan fingerprint density at radius 1 is 1.71 bits per heavy atom. The van der Waals surface area contributed by atoms with Crippen LogP contribution in [0.2, 0.25) is 0 Å². The summed E-state index contributed by atoms with van der Waals surface area (Å²) in [5.41, 5.74) is 6.25. The van der Waals surface area contributed by atoms with Crippen molar-refractivity contribution < 1.29 is 9.21 Å². The zero-order valence-corrected chi connectivity index (χ0v) is 10.5. The van der Waals surface area contributed by atoms with Crippen molar-refractivity contribution in [2.45, 2.75) is 51.1 Å². The van der Waals surface area contributed by atoms with Crippen molar-refractivity contribution >= 4 is 5.91 Å². The molecule has 3 N–H and O–H groups in total. The number of rotatable bonds is 3. The van der Waals surface area contributed by atoms with Gasteiger partial charge in [-0.3, -0.25) is 4.79 Å². The van der Waals surface area contributed by atoms with Gasteiger partial charge in [0.05, 0.1) is 17.8 Å². The Balaban J connectivity index is 2.09. The Morgan fingerprint density at radius 2 is 2.47 bits per heavy atom. The number of amides is 1. The molecule has 1 aromatic rings. The van der Waals surface area contributed by atoms with Gasteiger partial charge in [-0.05, 0) is 32.3 Å². The number of carbonyl (C=O) groups is 1. The van der Waals surface area contributed by atoms with Crippen LogP contribution >= 0.6 is 0 Å². The van der Waals surface area contributed by atoms with Gasteiger partial charge in [-0.15, -0.1) is 0 Å². The lowest BCUT2D eigenvalue weighted by Gasteiger charge is -2.28. The van der Waals surface area contributed by atoms with Crippen molar-refractivity contribution in [1.82, 2.24) is 5.32 Å². The molecule has 1 amide bonds. The third kappa shape index (κ3) is 2.36. The standard InChI is InChI=1S/C13H20N2O2/c1-3-13(2,14)12(16)15-10-5-4-6-11-9(10)7-8-17-11/h7-8,10H,3-6,14H2,1-2H3,(H,15,16). The Kier molecular flexibility index (Phi) is 3.24. The SMILES string of the molecule is CCC(C)(N)C(=O)NC1CCCc2occc21. The summed E-state index contributed by atoms with van der Waals surface area (Å²) in [5, 5.41) is 3.03. The van der Waals surface area contributed by atoms with E-state index in [1.54, 1.807) is 13.2 Å². The second-order valence-corrected chi connectivity index (χ2v) is 4.99. The average Bonchev–Trinajstić information content (AvgIpc) is 2.78. The predicted molar refractivity (Wildman–Crippen MR) is 65.4 cm³/mol. The number of aryl methyl sites for hydroxylation is 1. The van der Waals surface area contributed by atoms with Gasteiger partial charge in [-0.25, -0.2) is 0 Å². The first kappa shape index (κ1) is 12.2. The molecule has 1 aliphatic carbocycles. The van der Waals surface area contributed by atoms with E-state index in [4.69, 9.17) is 10.2 Å². The van der Waals surface area contributed by atoms with E-state index in [0.717, 1.165) is 30.6 Å². The monoisotopic (exact) mass is 236 g/mol. The first-order chi connectivity index (χ1) is 8.04. The van der Waals surface area contributed by atoms with Gasteiger partial charge in [-0.1, -0.05) is 6.92 Å². The Bertz CT molecular complexity index is 409. The van der Waals surface area contributed by atoms with Crippen molar-refractivity contribution in [3.63, 3.8) is 0 Å². The summed E-state index contributed by atoms with van der Waals surface area (Å²) in [6.07, 6.45) is 5.28. The highest BCUT2D eigenvalue weighted by Gasteiger charge is 2.30. The summed E-state index contributed by atoms with van der Waals surface area (Å²) in [5.74, 6) is 0.913. The fourth-order valence-electron chi connectivity index (χ4n) is 2.12. The van der Waals surface area contributed by atoms with Gasteiger partial charge in [-0.2, -0.15) is 0 Å². The van der Waals surface area contributed by atoms with E-state index in [1.807, 2.05) is 13.0 Å². The zero-order chi connectivity index (χ0) is 12.5. The van der Waals surface area contributed by atoms with Gasteiger partial charge in [0.15, 0.2) is 0 Å². The number of hydrogen-bond donors (Lipinski definition) is 2. The maximum absolute atomic E-state index is 12.0. The smallest absolute Gasteiger partial charge is 0.240 e. The van der Waals surface area contributed by atoms with Gasteiger partial charge >= 0.3 is 0 Å².